The predicted octanol–water partition coefficient (Wildman–Crippen LogP) is 3.80. The minimum absolute atomic E-state index is 0.120. The van der Waals surface area contributed by atoms with Gasteiger partial charge in [0.25, 0.3) is 0 Å². The van der Waals surface area contributed by atoms with Crippen LogP contribution in [0.25, 0.3) is 0 Å². The van der Waals surface area contributed by atoms with E-state index in [1.165, 1.54) is 0 Å². The van der Waals surface area contributed by atoms with Crippen molar-refractivity contribution in [3.05, 3.63) is 59.7 Å². The van der Waals surface area contributed by atoms with Crippen LogP contribution in [-0.2, 0) is 9.47 Å². The van der Waals surface area contributed by atoms with Crippen LogP contribution < -0.4 is 9.47 Å². The summed E-state index contributed by atoms with van der Waals surface area (Å²) in [4.78, 5) is 2.02. The van der Waals surface area contributed by atoms with Gasteiger partial charge in [0, 0.05) is 0 Å². The monoisotopic (exact) mass is 380 g/mol. The number of fused-ring (bicyclic) bond motifs is 1. The van der Waals surface area contributed by atoms with E-state index in [0.29, 0.717) is 18.1 Å². The maximum Gasteiger partial charge on any atom is 0.231 e. The van der Waals surface area contributed by atoms with E-state index < -0.39 is 11.8 Å². The first kappa shape index (κ1) is 18.8. The van der Waals surface area contributed by atoms with Gasteiger partial charge in [-0.15, -0.1) is 0 Å². The Kier molecular flexibility index (Phi) is 4.98. The van der Waals surface area contributed by atoms with E-state index in [9.17, 15) is 5.26 Å². The van der Waals surface area contributed by atoms with Crippen molar-refractivity contribution in [3.63, 3.8) is 0 Å². The summed E-state index contributed by atoms with van der Waals surface area (Å²) in [5.74, 6) is 0.693. The molecule has 2 heterocycles. The zero-order valence-corrected chi connectivity index (χ0v) is 16.3. The fourth-order valence-electron chi connectivity index (χ4n) is 3.73. The molecule has 0 N–H and O–H groups in total. The number of likely N-dealkylation sites (N-methyl/N-ethyl adjacent to an activating group) is 1. The van der Waals surface area contributed by atoms with Crippen molar-refractivity contribution in [1.29, 1.82) is 5.26 Å². The minimum atomic E-state index is -0.682. The molecule has 2 aromatic carbocycles. The number of rotatable bonds is 4. The highest BCUT2D eigenvalue weighted by atomic mass is 16.7. The molecule has 28 heavy (non-hydrogen) atoms. The number of hydrogen-bond acceptors (Lipinski definition) is 6. The Balaban J connectivity index is 1.64. The van der Waals surface area contributed by atoms with Crippen LogP contribution in [0.4, 0.5) is 0 Å². The van der Waals surface area contributed by atoms with E-state index in [1.807, 2.05) is 62.2 Å². The van der Waals surface area contributed by atoms with Crippen molar-refractivity contribution in [1.82, 2.24) is 4.90 Å². The lowest BCUT2D eigenvalue weighted by molar-refractivity contribution is -0.297. The van der Waals surface area contributed by atoms with Crippen LogP contribution in [-0.4, -0.2) is 37.2 Å². The van der Waals surface area contributed by atoms with Gasteiger partial charge in [-0.3, -0.25) is 4.90 Å². The summed E-state index contributed by atoms with van der Waals surface area (Å²) in [6, 6.07) is 17.5. The normalized spacial score (nSPS) is 24.0. The van der Waals surface area contributed by atoms with Gasteiger partial charge in [0.15, 0.2) is 17.3 Å². The third-order valence-electron chi connectivity index (χ3n) is 5.26. The van der Waals surface area contributed by atoms with Gasteiger partial charge in [-0.1, -0.05) is 36.4 Å². The second-order valence-corrected chi connectivity index (χ2v) is 7.54. The molecule has 6 heteroatoms. The Morgan fingerprint density at radius 3 is 2.61 bits per heavy atom. The van der Waals surface area contributed by atoms with Gasteiger partial charge in [0.2, 0.25) is 6.79 Å². The second-order valence-electron chi connectivity index (χ2n) is 7.54. The van der Waals surface area contributed by atoms with Crippen LogP contribution in [0.3, 0.4) is 0 Å². The summed E-state index contributed by atoms with van der Waals surface area (Å²) in [5, 5.41) is 9.94. The van der Waals surface area contributed by atoms with E-state index in [1.54, 1.807) is 0 Å². The molecule has 2 aliphatic rings. The number of nitriles is 1. The van der Waals surface area contributed by atoms with Crippen LogP contribution in [0.15, 0.2) is 48.5 Å². The van der Waals surface area contributed by atoms with E-state index in [0.717, 1.165) is 11.1 Å². The van der Waals surface area contributed by atoms with Crippen LogP contribution in [0, 0.1) is 11.3 Å². The van der Waals surface area contributed by atoms with Crippen molar-refractivity contribution in [3.8, 4) is 17.6 Å². The third-order valence-corrected chi connectivity index (χ3v) is 5.26. The highest BCUT2D eigenvalue weighted by Gasteiger charge is 2.41. The molecule has 1 fully saturated rings. The molecule has 0 aliphatic carbocycles. The van der Waals surface area contributed by atoms with Gasteiger partial charge in [-0.2, -0.15) is 5.26 Å². The predicted molar refractivity (Wildman–Crippen MR) is 103 cm³/mol. The smallest absolute Gasteiger partial charge is 0.231 e. The van der Waals surface area contributed by atoms with Crippen molar-refractivity contribution in [2.45, 2.75) is 37.8 Å². The van der Waals surface area contributed by atoms with Gasteiger partial charge in [0.05, 0.1) is 18.7 Å². The number of benzene rings is 2. The Hall–Kier alpha value is -2.59. The highest BCUT2D eigenvalue weighted by molar-refractivity contribution is 5.46. The molecule has 0 radical (unpaired) electrons. The van der Waals surface area contributed by atoms with Gasteiger partial charge in [-0.05, 0) is 44.2 Å². The molecule has 0 spiro atoms. The topological polar surface area (TPSA) is 64.0 Å². The van der Waals surface area contributed by atoms with E-state index in [2.05, 4.69) is 18.2 Å². The first-order chi connectivity index (χ1) is 13.5. The quantitative estimate of drug-likeness (QED) is 0.804. The molecule has 6 nitrogen and oxygen atoms in total. The zero-order chi connectivity index (χ0) is 19.7. The molecule has 1 saturated heterocycles. The maximum absolute atomic E-state index is 9.94. The van der Waals surface area contributed by atoms with Crippen molar-refractivity contribution in [2.24, 2.45) is 0 Å². The van der Waals surface area contributed by atoms with Crippen molar-refractivity contribution < 1.29 is 18.9 Å². The maximum atomic E-state index is 9.94. The second kappa shape index (κ2) is 7.44. The number of ether oxygens (including phenoxy) is 4. The van der Waals surface area contributed by atoms with Gasteiger partial charge < -0.3 is 18.9 Å². The highest BCUT2D eigenvalue weighted by Crippen LogP contribution is 2.39. The zero-order valence-electron chi connectivity index (χ0n) is 16.3. The fourth-order valence-corrected chi connectivity index (χ4v) is 3.73. The summed E-state index contributed by atoms with van der Waals surface area (Å²) in [5.41, 5.74) is 1.92. The average Bonchev–Trinajstić information content (AvgIpc) is 3.16. The molecule has 2 aromatic rings. The number of nitrogens with zero attached hydrogens (tertiary/aromatic N) is 2. The summed E-state index contributed by atoms with van der Waals surface area (Å²) >= 11 is 0. The summed E-state index contributed by atoms with van der Waals surface area (Å²) in [6.45, 7) is 4.50. The Bertz CT molecular complexity index is 878. The van der Waals surface area contributed by atoms with E-state index >= 15 is 0 Å². The molecular weight excluding hydrogens is 356 g/mol. The Morgan fingerprint density at radius 2 is 1.86 bits per heavy atom. The van der Waals surface area contributed by atoms with Crippen LogP contribution >= 0.6 is 0 Å². The molecule has 0 bridgehead atoms. The van der Waals surface area contributed by atoms with Crippen LogP contribution in [0.1, 0.15) is 37.1 Å². The number of hydrogen-bond donors (Lipinski definition) is 0. The van der Waals surface area contributed by atoms with E-state index in [4.69, 9.17) is 18.9 Å². The van der Waals surface area contributed by atoms with Crippen molar-refractivity contribution in [2.75, 3.05) is 20.4 Å². The van der Waals surface area contributed by atoms with Crippen LogP contribution in [0.5, 0.6) is 11.5 Å². The summed E-state index contributed by atoms with van der Waals surface area (Å²) in [7, 11) is 1.93. The largest absolute Gasteiger partial charge is 0.454 e. The molecule has 1 unspecified atom stereocenters. The lowest BCUT2D eigenvalue weighted by Gasteiger charge is -2.45. The van der Waals surface area contributed by atoms with Gasteiger partial charge in [0.1, 0.15) is 12.1 Å². The molecule has 4 rings (SSSR count). The lowest BCUT2D eigenvalue weighted by atomic mass is 9.96. The molecule has 0 aromatic heterocycles. The molecule has 0 amide bonds. The van der Waals surface area contributed by atoms with Gasteiger partial charge in [-0.25, -0.2) is 0 Å². The molecule has 3 atom stereocenters. The molecule has 2 aliphatic heterocycles. The average molecular weight is 380 g/mol. The SMILES string of the molecule is CN(C(C#N)c1ccc2c(c1)OCO2)[C@H]1COC(C)(C)O[C@H]1c1ccccc1. The van der Waals surface area contributed by atoms with Crippen LogP contribution in [0.2, 0.25) is 0 Å². The Morgan fingerprint density at radius 1 is 1.11 bits per heavy atom. The standard InChI is InChI=1S/C22H24N2O4/c1-22(2)27-13-18(21(28-22)15-7-5-4-6-8-15)24(3)17(12-23)16-9-10-19-20(11-16)26-14-25-19/h4-11,17-18,21H,13-14H2,1-3H3/t17?,18-,21-/m0/s1. The molecular formula is C22H24N2O4. The summed E-state index contributed by atoms with van der Waals surface area (Å²) in [6.07, 6.45) is -0.209. The lowest BCUT2D eigenvalue weighted by Crippen LogP contribution is -2.51. The molecule has 146 valence electrons. The minimum Gasteiger partial charge on any atom is -0.454 e. The first-order valence-corrected chi connectivity index (χ1v) is 9.36. The fraction of sp³-hybridized carbons (Fsp3) is 0.409. The first-order valence-electron chi connectivity index (χ1n) is 9.36. The molecule has 0 saturated carbocycles. The Labute approximate surface area is 165 Å². The van der Waals surface area contributed by atoms with Crippen molar-refractivity contribution >= 4 is 0 Å². The van der Waals surface area contributed by atoms with E-state index in [-0.39, 0.29) is 18.9 Å². The summed E-state index contributed by atoms with van der Waals surface area (Å²) < 4.78 is 23.1. The van der Waals surface area contributed by atoms with Gasteiger partial charge >= 0.3 is 0 Å². The third kappa shape index (κ3) is 3.57.